The smallest absolute Gasteiger partial charge is 0.146 e. The molecule has 1 unspecified atom stereocenters. The van der Waals surface area contributed by atoms with Gasteiger partial charge in [0.05, 0.1) is 19.6 Å². The molecule has 0 aromatic heterocycles. The van der Waals surface area contributed by atoms with E-state index in [4.69, 9.17) is 16.4 Å². The van der Waals surface area contributed by atoms with Crippen LogP contribution in [-0.4, -0.2) is 9.96 Å². The van der Waals surface area contributed by atoms with E-state index >= 15 is 0 Å². The Morgan fingerprint density at radius 1 is 1.50 bits per heavy atom. The molecular weight excluding hydrogens is 273 g/mol. The first-order chi connectivity index (χ1) is 8.33. The van der Waals surface area contributed by atoms with Gasteiger partial charge in [-0.1, -0.05) is 31.5 Å². The van der Waals surface area contributed by atoms with Gasteiger partial charge in [0.2, 0.25) is 0 Å². The molecule has 0 radical (unpaired) electrons. The Hall–Kier alpha value is -0.610. The normalized spacial score (nSPS) is 18.9. The van der Waals surface area contributed by atoms with E-state index in [1.807, 2.05) is 13.8 Å². The SMILES string of the molecule is CC(C)c1ccc(S(=N)(=O)CC2CC2)c(Cl)c1F. The van der Waals surface area contributed by atoms with Gasteiger partial charge in [0, 0.05) is 5.75 Å². The summed E-state index contributed by atoms with van der Waals surface area (Å²) in [6.45, 7) is 3.74. The third-order valence-electron chi connectivity index (χ3n) is 3.22. The van der Waals surface area contributed by atoms with Crippen LogP contribution < -0.4 is 0 Å². The van der Waals surface area contributed by atoms with E-state index in [1.54, 1.807) is 12.1 Å². The molecule has 2 nitrogen and oxygen atoms in total. The summed E-state index contributed by atoms with van der Waals surface area (Å²) in [6.07, 6.45) is 2.03. The van der Waals surface area contributed by atoms with E-state index < -0.39 is 15.5 Å². The second kappa shape index (κ2) is 4.82. The monoisotopic (exact) mass is 289 g/mol. The van der Waals surface area contributed by atoms with Crippen LogP contribution in [-0.2, 0) is 9.73 Å². The first-order valence-corrected chi connectivity index (χ1v) is 8.18. The van der Waals surface area contributed by atoms with Gasteiger partial charge in [0.25, 0.3) is 0 Å². The second-order valence-corrected chi connectivity index (χ2v) is 7.72. The maximum Gasteiger partial charge on any atom is 0.146 e. The summed E-state index contributed by atoms with van der Waals surface area (Å²) in [4.78, 5) is 0.151. The molecule has 1 N–H and O–H groups in total. The Bertz CT molecular complexity index is 565. The van der Waals surface area contributed by atoms with Crippen LogP contribution in [0.1, 0.15) is 38.2 Å². The molecule has 18 heavy (non-hydrogen) atoms. The van der Waals surface area contributed by atoms with Crippen LogP contribution in [0.2, 0.25) is 5.02 Å². The van der Waals surface area contributed by atoms with Gasteiger partial charge in [-0.25, -0.2) is 13.4 Å². The summed E-state index contributed by atoms with van der Waals surface area (Å²) in [5.74, 6) is 0.133. The molecule has 1 aliphatic carbocycles. The topological polar surface area (TPSA) is 40.9 Å². The third-order valence-corrected chi connectivity index (χ3v) is 5.69. The summed E-state index contributed by atoms with van der Waals surface area (Å²) < 4.78 is 34.3. The van der Waals surface area contributed by atoms with Gasteiger partial charge >= 0.3 is 0 Å². The minimum absolute atomic E-state index is 0.0155. The Morgan fingerprint density at radius 2 is 2.11 bits per heavy atom. The zero-order valence-corrected chi connectivity index (χ0v) is 12.1. The highest BCUT2D eigenvalue weighted by atomic mass is 35.5. The molecule has 0 amide bonds. The number of hydrogen-bond donors (Lipinski definition) is 1. The van der Waals surface area contributed by atoms with E-state index in [1.165, 1.54) is 0 Å². The van der Waals surface area contributed by atoms with Crippen LogP contribution in [0.4, 0.5) is 4.39 Å². The molecule has 100 valence electrons. The average Bonchev–Trinajstić information content (AvgIpc) is 3.04. The summed E-state index contributed by atoms with van der Waals surface area (Å²) >= 11 is 5.96. The predicted molar refractivity (Wildman–Crippen MR) is 72.2 cm³/mol. The highest BCUT2D eigenvalue weighted by molar-refractivity contribution is 7.92. The van der Waals surface area contributed by atoms with Crippen molar-refractivity contribution in [1.82, 2.24) is 0 Å². The molecule has 1 aromatic rings. The lowest BCUT2D eigenvalue weighted by molar-refractivity contribution is 0.593. The quantitative estimate of drug-likeness (QED) is 0.876. The van der Waals surface area contributed by atoms with E-state index in [-0.39, 0.29) is 15.8 Å². The van der Waals surface area contributed by atoms with Gasteiger partial charge in [-0.3, -0.25) is 0 Å². The van der Waals surface area contributed by atoms with Crippen LogP contribution >= 0.6 is 11.6 Å². The fourth-order valence-electron chi connectivity index (χ4n) is 1.95. The second-order valence-electron chi connectivity index (χ2n) is 5.22. The molecular formula is C13H17ClFNOS. The summed E-state index contributed by atoms with van der Waals surface area (Å²) in [5, 5.41) is -0.137. The molecule has 1 atom stereocenters. The van der Waals surface area contributed by atoms with Crippen LogP contribution in [0.15, 0.2) is 17.0 Å². The molecule has 0 heterocycles. The van der Waals surface area contributed by atoms with Gasteiger partial charge in [-0.2, -0.15) is 0 Å². The van der Waals surface area contributed by atoms with E-state index in [0.717, 1.165) is 12.8 Å². The number of benzene rings is 1. The van der Waals surface area contributed by atoms with Gasteiger partial charge in [-0.15, -0.1) is 0 Å². The largest absolute Gasteiger partial charge is 0.249 e. The maximum absolute atomic E-state index is 14.1. The number of nitrogens with one attached hydrogen (secondary N) is 1. The Labute approximate surface area is 113 Å². The van der Waals surface area contributed by atoms with Crippen LogP contribution in [0.5, 0.6) is 0 Å². The fraction of sp³-hybridized carbons (Fsp3) is 0.538. The van der Waals surface area contributed by atoms with Crippen LogP contribution in [0, 0.1) is 16.5 Å². The Morgan fingerprint density at radius 3 is 2.61 bits per heavy atom. The van der Waals surface area contributed by atoms with Crippen molar-refractivity contribution in [2.45, 2.75) is 37.5 Å². The van der Waals surface area contributed by atoms with Crippen molar-refractivity contribution in [3.63, 3.8) is 0 Å². The lowest BCUT2D eigenvalue weighted by Crippen LogP contribution is -2.09. The highest BCUT2D eigenvalue weighted by Gasteiger charge is 2.29. The van der Waals surface area contributed by atoms with Crippen molar-refractivity contribution < 1.29 is 8.60 Å². The van der Waals surface area contributed by atoms with Crippen molar-refractivity contribution in [3.8, 4) is 0 Å². The van der Waals surface area contributed by atoms with Gasteiger partial charge in [0.1, 0.15) is 5.82 Å². The first kappa shape index (κ1) is 13.8. The van der Waals surface area contributed by atoms with E-state index in [2.05, 4.69) is 0 Å². The molecule has 1 aromatic carbocycles. The zero-order valence-electron chi connectivity index (χ0n) is 10.5. The van der Waals surface area contributed by atoms with Crippen molar-refractivity contribution in [2.24, 2.45) is 5.92 Å². The summed E-state index contributed by atoms with van der Waals surface area (Å²) in [6, 6.07) is 3.15. The van der Waals surface area contributed by atoms with Crippen molar-refractivity contribution in [1.29, 1.82) is 4.78 Å². The highest BCUT2D eigenvalue weighted by Crippen LogP contribution is 2.36. The first-order valence-electron chi connectivity index (χ1n) is 6.07. The molecule has 5 heteroatoms. The molecule has 1 saturated carbocycles. The Balaban J connectivity index is 2.43. The summed E-state index contributed by atoms with van der Waals surface area (Å²) in [7, 11) is -2.96. The standard InChI is InChI=1S/C13H17ClFNOS/c1-8(2)10-5-6-11(12(14)13(10)15)18(16,17)7-9-3-4-9/h5-6,8-9,16H,3-4,7H2,1-2H3. The molecule has 0 aliphatic heterocycles. The predicted octanol–water partition coefficient (Wildman–Crippen LogP) is 4.42. The molecule has 1 aliphatic rings. The third kappa shape index (κ3) is 2.69. The van der Waals surface area contributed by atoms with Gasteiger partial charge in [0.15, 0.2) is 0 Å². The molecule has 0 saturated heterocycles. The zero-order chi connectivity index (χ0) is 13.5. The number of halogens is 2. The van der Waals surface area contributed by atoms with Crippen LogP contribution in [0.25, 0.3) is 0 Å². The molecule has 0 spiro atoms. The number of rotatable bonds is 4. The molecule has 2 rings (SSSR count). The lowest BCUT2D eigenvalue weighted by atomic mass is 10.0. The van der Waals surface area contributed by atoms with Crippen molar-refractivity contribution in [2.75, 3.05) is 5.75 Å². The minimum Gasteiger partial charge on any atom is -0.249 e. The van der Waals surface area contributed by atoms with Crippen LogP contribution in [0.3, 0.4) is 0 Å². The maximum atomic E-state index is 14.1. The average molecular weight is 290 g/mol. The molecule has 1 fully saturated rings. The van der Waals surface area contributed by atoms with Gasteiger partial charge < -0.3 is 0 Å². The lowest BCUT2D eigenvalue weighted by Gasteiger charge is -2.13. The number of hydrogen-bond acceptors (Lipinski definition) is 2. The fourth-order valence-corrected chi connectivity index (χ4v) is 4.34. The molecule has 0 bridgehead atoms. The minimum atomic E-state index is -2.96. The van der Waals surface area contributed by atoms with Gasteiger partial charge in [-0.05, 0) is 36.3 Å². The van der Waals surface area contributed by atoms with E-state index in [0.29, 0.717) is 17.2 Å². The Kier molecular flexibility index (Phi) is 3.70. The summed E-state index contributed by atoms with van der Waals surface area (Å²) in [5.41, 5.74) is 0.505. The van der Waals surface area contributed by atoms with Crippen molar-refractivity contribution >= 4 is 21.3 Å². The van der Waals surface area contributed by atoms with Crippen molar-refractivity contribution in [3.05, 3.63) is 28.5 Å². The van der Waals surface area contributed by atoms with E-state index in [9.17, 15) is 8.60 Å².